The zero-order chi connectivity index (χ0) is 15.5. The third kappa shape index (κ3) is 3.29. The Morgan fingerprint density at radius 3 is 2.48 bits per heavy atom. The van der Waals surface area contributed by atoms with Crippen LogP contribution in [0.15, 0.2) is 42.5 Å². The zero-order valence-electron chi connectivity index (χ0n) is 13.3. The minimum absolute atomic E-state index is 0.308. The van der Waals surface area contributed by atoms with E-state index in [2.05, 4.69) is 24.3 Å². The Bertz CT molecular complexity index is 657. The Balaban J connectivity index is 1.37. The topological polar surface area (TPSA) is 27.7 Å². The van der Waals surface area contributed by atoms with Gasteiger partial charge in [0.2, 0.25) is 6.79 Å². The predicted octanol–water partition coefficient (Wildman–Crippen LogP) is 5.04. The summed E-state index contributed by atoms with van der Waals surface area (Å²) >= 11 is 0. The summed E-state index contributed by atoms with van der Waals surface area (Å²) in [6.45, 7) is 0.849. The van der Waals surface area contributed by atoms with Crippen molar-refractivity contribution in [2.45, 2.75) is 44.6 Å². The van der Waals surface area contributed by atoms with Gasteiger partial charge in [-0.1, -0.05) is 37.5 Å². The highest BCUT2D eigenvalue weighted by atomic mass is 16.7. The second kappa shape index (κ2) is 6.53. The predicted molar refractivity (Wildman–Crippen MR) is 89.2 cm³/mol. The fourth-order valence-electron chi connectivity index (χ4n) is 3.47. The first kappa shape index (κ1) is 14.4. The number of fused-ring (bicyclic) bond motifs is 1. The van der Waals surface area contributed by atoms with E-state index in [9.17, 15) is 0 Å². The van der Waals surface area contributed by atoms with Crippen LogP contribution in [0.2, 0.25) is 0 Å². The lowest BCUT2D eigenvalue weighted by Crippen LogP contribution is -2.04. The maximum absolute atomic E-state index is 5.90. The molecule has 3 nitrogen and oxygen atoms in total. The van der Waals surface area contributed by atoms with Crippen LogP contribution in [0.1, 0.15) is 49.1 Å². The van der Waals surface area contributed by atoms with Gasteiger partial charge < -0.3 is 14.2 Å². The Labute approximate surface area is 137 Å². The molecule has 0 radical (unpaired) electrons. The van der Waals surface area contributed by atoms with E-state index in [0.29, 0.717) is 13.4 Å². The first-order valence-corrected chi connectivity index (χ1v) is 8.50. The Morgan fingerprint density at radius 1 is 0.870 bits per heavy atom. The van der Waals surface area contributed by atoms with Crippen molar-refractivity contribution in [1.29, 1.82) is 0 Å². The van der Waals surface area contributed by atoms with Gasteiger partial charge in [0.1, 0.15) is 12.4 Å². The highest BCUT2D eigenvalue weighted by Gasteiger charge is 2.15. The SMILES string of the molecule is c1cc2c(cc1COc1ccc(C3CCCCC3)cc1)OCO2. The fourth-order valence-corrected chi connectivity index (χ4v) is 3.47. The van der Waals surface area contributed by atoms with Crippen LogP contribution in [0, 0.1) is 0 Å². The molecular weight excluding hydrogens is 288 g/mol. The second-order valence-electron chi connectivity index (χ2n) is 6.38. The molecule has 2 aromatic carbocycles. The molecule has 0 atom stereocenters. The molecule has 0 N–H and O–H groups in total. The molecule has 1 saturated carbocycles. The molecule has 1 aliphatic heterocycles. The Kier molecular flexibility index (Phi) is 4.10. The summed E-state index contributed by atoms with van der Waals surface area (Å²) in [4.78, 5) is 0. The third-order valence-corrected chi connectivity index (χ3v) is 4.80. The van der Waals surface area contributed by atoms with Crippen molar-refractivity contribution in [3.63, 3.8) is 0 Å². The highest BCUT2D eigenvalue weighted by molar-refractivity contribution is 5.44. The molecule has 0 unspecified atom stereocenters. The summed E-state index contributed by atoms with van der Waals surface area (Å²) < 4.78 is 16.6. The lowest BCUT2D eigenvalue weighted by atomic mass is 9.84. The number of hydrogen-bond acceptors (Lipinski definition) is 3. The van der Waals surface area contributed by atoms with Gasteiger partial charge in [0, 0.05) is 0 Å². The van der Waals surface area contributed by atoms with E-state index < -0.39 is 0 Å². The van der Waals surface area contributed by atoms with Gasteiger partial charge in [-0.15, -0.1) is 0 Å². The first-order valence-electron chi connectivity index (χ1n) is 8.50. The van der Waals surface area contributed by atoms with Gasteiger partial charge in [0.15, 0.2) is 11.5 Å². The van der Waals surface area contributed by atoms with E-state index in [1.165, 1.54) is 37.7 Å². The zero-order valence-corrected chi connectivity index (χ0v) is 13.3. The molecule has 23 heavy (non-hydrogen) atoms. The largest absolute Gasteiger partial charge is 0.489 e. The van der Waals surface area contributed by atoms with Crippen LogP contribution in [0.3, 0.4) is 0 Å². The first-order chi connectivity index (χ1) is 11.4. The van der Waals surface area contributed by atoms with E-state index in [4.69, 9.17) is 14.2 Å². The maximum atomic E-state index is 5.90. The molecule has 2 aliphatic rings. The number of hydrogen-bond donors (Lipinski definition) is 0. The smallest absolute Gasteiger partial charge is 0.231 e. The third-order valence-electron chi connectivity index (χ3n) is 4.80. The summed E-state index contributed by atoms with van der Waals surface area (Å²) in [5, 5.41) is 0. The molecular formula is C20H22O3. The van der Waals surface area contributed by atoms with Crippen LogP contribution in [0.4, 0.5) is 0 Å². The molecule has 3 heteroatoms. The quantitative estimate of drug-likeness (QED) is 0.791. The van der Waals surface area contributed by atoms with E-state index in [-0.39, 0.29) is 0 Å². The van der Waals surface area contributed by atoms with Gasteiger partial charge in [-0.3, -0.25) is 0 Å². The van der Waals surface area contributed by atoms with E-state index in [1.54, 1.807) is 0 Å². The second-order valence-corrected chi connectivity index (χ2v) is 6.38. The average Bonchev–Trinajstić information content (AvgIpc) is 3.09. The Hall–Kier alpha value is -2.16. The van der Waals surface area contributed by atoms with Crippen molar-refractivity contribution in [2.75, 3.05) is 6.79 Å². The monoisotopic (exact) mass is 310 g/mol. The van der Waals surface area contributed by atoms with Crippen LogP contribution in [0.25, 0.3) is 0 Å². The number of benzene rings is 2. The lowest BCUT2D eigenvalue weighted by Gasteiger charge is -2.22. The summed E-state index contributed by atoms with van der Waals surface area (Å²) in [6.07, 6.45) is 6.79. The molecule has 120 valence electrons. The maximum Gasteiger partial charge on any atom is 0.231 e. The number of rotatable bonds is 4. The van der Waals surface area contributed by atoms with Crippen molar-refractivity contribution in [3.8, 4) is 17.2 Å². The van der Waals surface area contributed by atoms with E-state index in [1.807, 2.05) is 18.2 Å². The standard InChI is InChI=1S/C20H22O3/c1-2-4-16(5-3-1)17-7-9-18(10-8-17)21-13-15-6-11-19-20(12-15)23-14-22-19/h6-12,16H,1-5,13-14H2. The number of ether oxygens (including phenoxy) is 3. The summed E-state index contributed by atoms with van der Waals surface area (Å²) in [7, 11) is 0. The lowest BCUT2D eigenvalue weighted by molar-refractivity contribution is 0.174. The summed E-state index contributed by atoms with van der Waals surface area (Å²) in [6, 6.07) is 14.6. The average molecular weight is 310 g/mol. The molecule has 4 rings (SSSR count). The van der Waals surface area contributed by atoms with Gasteiger partial charge >= 0.3 is 0 Å². The van der Waals surface area contributed by atoms with Crippen LogP contribution in [-0.4, -0.2) is 6.79 Å². The van der Waals surface area contributed by atoms with Crippen LogP contribution < -0.4 is 14.2 Å². The Morgan fingerprint density at radius 2 is 1.65 bits per heavy atom. The molecule has 0 aromatic heterocycles. The molecule has 0 saturated heterocycles. The van der Waals surface area contributed by atoms with Gasteiger partial charge in [-0.25, -0.2) is 0 Å². The van der Waals surface area contributed by atoms with E-state index in [0.717, 1.165) is 28.7 Å². The minimum atomic E-state index is 0.308. The highest BCUT2D eigenvalue weighted by Crippen LogP contribution is 2.34. The molecule has 1 fully saturated rings. The van der Waals surface area contributed by atoms with Crippen molar-refractivity contribution in [3.05, 3.63) is 53.6 Å². The van der Waals surface area contributed by atoms with Gasteiger partial charge in [0.25, 0.3) is 0 Å². The van der Waals surface area contributed by atoms with Crippen molar-refractivity contribution >= 4 is 0 Å². The summed E-state index contributed by atoms with van der Waals surface area (Å²) in [5.41, 5.74) is 2.55. The van der Waals surface area contributed by atoms with Gasteiger partial charge in [0.05, 0.1) is 0 Å². The van der Waals surface area contributed by atoms with Gasteiger partial charge in [-0.2, -0.15) is 0 Å². The fraction of sp³-hybridized carbons (Fsp3) is 0.400. The van der Waals surface area contributed by atoms with E-state index >= 15 is 0 Å². The molecule has 1 aliphatic carbocycles. The normalized spacial score (nSPS) is 17.2. The van der Waals surface area contributed by atoms with Crippen LogP contribution in [-0.2, 0) is 6.61 Å². The van der Waals surface area contributed by atoms with Crippen LogP contribution >= 0.6 is 0 Å². The molecule has 0 spiro atoms. The molecule has 1 heterocycles. The minimum Gasteiger partial charge on any atom is -0.489 e. The molecule has 0 amide bonds. The summed E-state index contributed by atoms with van der Waals surface area (Å²) in [5.74, 6) is 3.28. The van der Waals surface area contributed by atoms with Crippen molar-refractivity contribution in [2.24, 2.45) is 0 Å². The van der Waals surface area contributed by atoms with Gasteiger partial charge in [-0.05, 0) is 54.2 Å². The van der Waals surface area contributed by atoms with Crippen LogP contribution in [0.5, 0.6) is 17.2 Å². The molecule has 2 aromatic rings. The van der Waals surface area contributed by atoms with Crippen molar-refractivity contribution in [1.82, 2.24) is 0 Å². The van der Waals surface area contributed by atoms with Crippen molar-refractivity contribution < 1.29 is 14.2 Å². The molecule has 0 bridgehead atoms.